The number of urea groups is 1. The zero-order valence-corrected chi connectivity index (χ0v) is 20.3. The SMILES string of the molecule is CCOc1ccc(N(c2ccnc(Nc3ccc(C#N)cc3)n2)N(C(=O)N=O)c2ccccc2Cl)cc1. The van der Waals surface area contributed by atoms with E-state index in [0.29, 0.717) is 29.3 Å². The van der Waals surface area contributed by atoms with Crippen LogP contribution in [0.1, 0.15) is 12.5 Å². The molecule has 184 valence electrons. The van der Waals surface area contributed by atoms with Crippen molar-refractivity contribution in [2.45, 2.75) is 6.92 Å². The van der Waals surface area contributed by atoms with Crippen LogP contribution in [0.3, 0.4) is 0 Å². The van der Waals surface area contributed by atoms with Crippen molar-refractivity contribution in [3.05, 3.63) is 101 Å². The zero-order valence-electron chi connectivity index (χ0n) is 19.6. The van der Waals surface area contributed by atoms with Crippen LogP contribution in [0.25, 0.3) is 0 Å². The second-order valence-corrected chi connectivity index (χ2v) is 7.84. The fraction of sp³-hybridized carbons (Fsp3) is 0.0769. The highest BCUT2D eigenvalue weighted by Crippen LogP contribution is 2.35. The van der Waals surface area contributed by atoms with Crippen LogP contribution in [0.4, 0.5) is 33.6 Å². The van der Waals surface area contributed by atoms with Gasteiger partial charge in [-0.1, -0.05) is 23.7 Å². The number of hydrazine groups is 1. The number of benzene rings is 3. The van der Waals surface area contributed by atoms with Crippen LogP contribution < -0.4 is 20.1 Å². The summed E-state index contributed by atoms with van der Waals surface area (Å²) >= 11 is 6.42. The predicted molar refractivity (Wildman–Crippen MR) is 141 cm³/mol. The number of rotatable bonds is 8. The highest BCUT2D eigenvalue weighted by atomic mass is 35.5. The Morgan fingerprint density at radius 3 is 2.46 bits per heavy atom. The van der Waals surface area contributed by atoms with Crippen molar-refractivity contribution in [3.8, 4) is 11.8 Å². The standard InChI is InChI=1S/C26H20ClN7O3/c1-2-37-21-13-11-20(12-14-21)33(34(26(35)32-36)23-6-4-3-5-22(23)27)24-15-16-29-25(31-24)30-19-9-7-18(17-28)8-10-19/h3-16H,2H2,1H3,(H,29,30,31). The molecule has 0 aliphatic carbocycles. The number of hydrogen-bond acceptors (Lipinski definition) is 8. The lowest BCUT2D eigenvalue weighted by Crippen LogP contribution is -2.43. The van der Waals surface area contributed by atoms with E-state index in [4.69, 9.17) is 21.6 Å². The van der Waals surface area contributed by atoms with Crippen LogP contribution in [0.2, 0.25) is 5.02 Å². The van der Waals surface area contributed by atoms with Gasteiger partial charge in [0.25, 0.3) is 0 Å². The molecule has 1 N–H and O–H groups in total. The molecule has 0 saturated heterocycles. The van der Waals surface area contributed by atoms with Crippen LogP contribution >= 0.6 is 11.6 Å². The first-order chi connectivity index (χ1) is 18.0. The lowest BCUT2D eigenvalue weighted by atomic mass is 10.2. The number of nitroso groups, excluding NO2 is 1. The number of hydrogen-bond donors (Lipinski definition) is 1. The Balaban J connectivity index is 1.82. The normalized spacial score (nSPS) is 10.2. The van der Waals surface area contributed by atoms with E-state index in [-0.39, 0.29) is 22.5 Å². The van der Waals surface area contributed by atoms with Gasteiger partial charge < -0.3 is 10.1 Å². The molecule has 0 saturated carbocycles. The Hall–Kier alpha value is -5.01. The number of ether oxygens (including phenoxy) is 1. The van der Waals surface area contributed by atoms with Crippen LogP contribution in [-0.4, -0.2) is 22.6 Å². The molecule has 2 amide bonds. The highest BCUT2D eigenvalue weighted by Gasteiger charge is 2.29. The van der Waals surface area contributed by atoms with E-state index in [9.17, 15) is 9.70 Å². The van der Waals surface area contributed by atoms with Crippen LogP contribution in [-0.2, 0) is 0 Å². The Labute approximate surface area is 217 Å². The summed E-state index contributed by atoms with van der Waals surface area (Å²) in [5.41, 5.74) is 1.86. The third-order valence-electron chi connectivity index (χ3n) is 5.06. The van der Waals surface area contributed by atoms with Gasteiger partial charge in [0.15, 0.2) is 5.82 Å². The van der Waals surface area contributed by atoms with Crippen molar-refractivity contribution in [1.82, 2.24) is 9.97 Å². The smallest absolute Gasteiger partial charge is 0.404 e. The predicted octanol–water partition coefficient (Wildman–Crippen LogP) is 6.59. The summed E-state index contributed by atoms with van der Waals surface area (Å²) in [5.74, 6) is 1.08. The molecular weight excluding hydrogens is 494 g/mol. The van der Waals surface area contributed by atoms with Gasteiger partial charge in [-0.25, -0.2) is 14.8 Å². The fourth-order valence-electron chi connectivity index (χ4n) is 3.44. The van der Waals surface area contributed by atoms with Crippen molar-refractivity contribution in [1.29, 1.82) is 5.26 Å². The number of nitrogens with zero attached hydrogens (tertiary/aromatic N) is 6. The molecule has 0 fully saturated rings. The van der Waals surface area contributed by atoms with E-state index in [1.54, 1.807) is 78.9 Å². The first-order valence-corrected chi connectivity index (χ1v) is 11.5. The number of para-hydroxylation sites is 1. The van der Waals surface area contributed by atoms with Gasteiger partial charge in [-0.05, 0) is 67.6 Å². The van der Waals surface area contributed by atoms with Gasteiger partial charge in [0.2, 0.25) is 5.95 Å². The lowest BCUT2D eigenvalue weighted by molar-refractivity contribution is 0.254. The number of nitriles is 1. The Kier molecular flexibility index (Phi) is 7.88. The summed E-state index contributed by atoms with van der Waals surface area (Å²) in [5, 5.41) is 17.4. The number of anilines is 5. The van der Waals surface area contributed by atoms with Gasteiger partial charge >= 0.3 is 6.03 Å². The average molecular weight is 514 g/mol. The molecule has 0 aliphatic rings. The van der Waals surface area contributed by atoms with Gasteiger partial charge in [-0.3, -0.25) is 0 Å². The molecule has 4 rings (SSSR count). The van der Waals surface area contributed by atoms with Gasteiger partial charge in [-0.2, -0.15) is 15.3 Å². The maximum absolute atomic E-state index is 12.9. The quantitative estimate of drug-likeness (QED) is 0.206. The summed E-state index contributed by atoms with van der Waals surface area (Å²) in [6.07, 6.45) is 1.50. The fourth-order valence-corrected chi connectivity index (χ4v) is 3.66. The summed E-state index contributed by atoms with van der Waals surface area (Å²) in [6, 6.07) is 22.7. The minimum atomic E-state index is -1.11. The minimum absolute atomic E-state index is 0.212. The number of aromatic nitrogens is 2. The molecular formula is C26H20ClN7O3. The molecule has 3 aromatic carbocycles. The minimum Gasteiger partial charge on any atom is -0.494 e. The molecule has 0 bridgehead atoms. The van der Waals surface area contributed by atoms with Crippen LogP contribution in [0.5, 0.6) is 5.75 Å². The van der Waals surface area contributed by atoms with Gasteiger partial charge in [0, 0.05) is 23.1 Å². The molecule has 1 aromatic heterocycles. The summed E-state index contributed by atoms with van der Waals surface area (Å²) in [7, 11) is 0. The number of halogens is 1. The highest BCUT2D eigenvalue weighted by molar-refractivity contribution is 6.34. The molecule has 37 heavy (non-hydrogen) atoms. The molecule has 0 atom stereocenters. The number of carbonyl (C=O) groups excluding carboxylic acids is 1. The number of nitrogens with one attached hydrogen (secondary N) is 1. The van der Waals surface area contributed by atoms with Gasteiger partial charge in [-0.15, -0.1) is 4.91 Å². The molecule has 4 aromatic rings. The zero-order chi connectivity index (χ0) is 26.2. The van der Waals surface area contributed by atoms with Crippen molar-refractivity contribution < 1.29 is 9.53 Å². The third-order valence-corrected chi connectivity index (χ3v) is 5.38. The van der Waals surface area contributed by atoms with E-state index in [2.05, 4.69) is 26.5 Å². The number of amides is 2. The summed E-state index contributed by atoms with van der Waals surface area (Å²) in [6.45, 7) is 2.36. The lowest BCUT2D eigenvalue weighted by Gasteiger charge is -2.34. The first-order valence-electron chi connectivity index (χ1n) is 11.1. The second kappa shape index (κ2) is 11.6. The molecule has 11 heteroatoms. The molecule has 0 spiro atoms. The maximum atomic E-state index is 12.9. The van der Waals surface area contributed by atoms with Crippen molar-refractivity contribution >= 4 is 46.5 Å². The van der Waals surface area contributed by atoms with E-state index >= 15 is 0 Å². The molecule has 0 unspecified atom stereocenters. The van der Waals surface area contributed by atoms with Crippen LogP contribution in [0.15, 0.2) is 90.2 Å². The molecule has 0 radical (unpaired) electrons. The molecule has 10 nitrogen and oxygen atoms in total. The summed E-state index contributed by atoms with van der Waals surface area (Å²) in [4.78, 5) is 33.2. The Morgan fingerprint density at radius 1 is 1.08 bits per heavy atom. The average Bonchev–Trinajstić information content (AvgIpc) is 2.93. The number of carbonyl (C=O) groups is 1. The van der Waals surface area contributed by atoms with Gasteiger partial charge in [0.05, 0.1) is 34.6 Å². The first kappa shape index (κ1) is 25.1. The monoisotopic (exact) mass is 513 g/mol. The third kappa shape index (κ3) is 5.80. The van der Waals surface area contributed by atoms with E-state index in [1.807, 2.05) is 6.92 Å². The molecule has 0 aliphatic heterocycles. The largest absolute Gasteiger partial charge is 0.494 e. The summed E-state index contributed by atoms with van der Waals surface area (Å²) < 4.78 is 5.54. The molecule has 1 heterocycles. The van der Waals surface area contributed by atoms with Crippen LogP contribution in [0, 0.1) is 16.2 Å². The van der Waals surface area contributed by atoms with Crippen molar-refractivity contribution in [2.75, 3.05) is 21.9 Å². The van der Waals surface area contributed by atoms with Crippen molar-refractivity contribution in [2.24, 2.45) is 5.18 Å². The second-order valence-electron chi connectivity index (χ2n) is 7.43. The topological polar surface area (TPSA) is 124 Å². The Bertz CT molecular complexity index is 1440. The Morgan fingerprint density at radius 2 is 1.81 bits per heavy atom. The maximum Gasteiger partial charge on any atom is 0.404 e. The van der Waals surface area contributed by atoms with E-state index in [0.717, 1.165) is 5.01 Å². The van der Waals surface area contributed by atoms with Gasteiger partial charge in [0.1, 0.15) is 5.75 Å². The van der Waals surface area contributed by atoms with E-state index in [1.165, 1.54) is 11.2 Å². The van der Waals surface area contributed by atoms with E-state index < -0.39 is 6.03 Å². The van der Waals surface area contributed by atoms with Crippen molar-refractivity contribution in [3.63, 3.8) is 0 Å².